The molecule has 118 valence electrons. The van der Waals surface area contributed by atoms with Crippen LogP contribution < -0.4 is 5.56 Å². The summed E-state index contributed by atoms with van der Waals surface area (Å²) in [6.45, 7) is 5.37. The van der Waals surface area contributed by atoms with Crippen LogP contribution in [0.2, 0.25) is 0 Å². The van der Waals surface area contributed by atoms with Crippen molar-refractivity contribution in [1.29, 1.82) is 0 Å². The van der Waals surface area contributed by atoms with E-state index < -0.39 is 0 Å². The Morgan fingerprint density at radius 3 is 2.87 bits per heavy atom. The molecule has 0 radical (unpaired) electrons. The van der Waals surface area contributed by atoms with Gasteiger partial charge < -0.3 is 0 Å². The van der Waals surface area contributed by atoms with Crippen molar-refractivity contribution in [2.75, 3.05) is 13.1 Å². The molecule has 5 nitrogen and oxygen atoms in total. The molecule has 0 amide bonds. The fourth-order valence-corrected chi connectivity index (χ4v) is 4.07. The second kappa shape index (κ2) is 5.86. The fraction of sp³-hybridized carbons (Fsp3) is 0.353. The number of rotatable bonds is 2. The van der Waals surface area contributed by atoms with Crippen LogP contribution in [0, 0.1) is 6.92 Å². The first-order chi connectivity index (χ1) is 11.2. The van der Waals surface area contributed by atoms with Crippen molar-refractivity contribution >= 4 is 21.6 Å². The molecule has 0 saturated heterocycles. The largest absolute Gasteiger partial charge is 0.297 e. The molecule has 1 aliphatic heterocycles. The van der Waals surface area contributed by atoms with E-state index in [1.165, 1.54) is 5.56 Å². The van der Waals surface area contributed by atoms with Gasteiger partial charge >= 0.3 is 0 Å². The third-order valence-electron chi connectivity index (χ3n) is 4.40. The van der Waals surface area contributed by atoms with E-state index in [0.29, 0.717) is 6.54 Å². The van der Waals surface area contributed by atoms with E-state index in [9.17, 15) is 4.79 Å². The number of hydrogen-bond acceptors (Lipinski definition) is 5. The number of nitrogens with zero attached hydrogens (tertiary/aromatic N) is 4. The van der Waals surface area contributed by atoms with E-state index in [4.69, 9.17) is 4.98 Å². The maximum Gasteiger partial charge on any atom is 0.262 e. The first-order valence-electron chi connectivity index (χ1n) is 7.81. The molecule has 0 aliphatic carbocycles. The Labute approximate surface area is 138 Å². The Balaban J connectivity index is 1.63. The number of thiophene rings is 1. The van der Waals surface area contributed by atoms with Gasteiger partial charge in [-0.05, 0) is 35.6 Å². The van der Waals surface area contributed by atoms with Gasteiger partial charge in [-0.15, -0.1) is 11.3 Å². The first kappa shape index (κ1) is 14.5. The Hall–Kier alpha value is -2.05. The van der Waals surface area contributed by atoms with Gasteiger partial charge in [-0.1, -0.05) is 0 Å². The van der Waals surface area contributed by atoms with Gasteiger partial charge in [0.1, 0.15) is 10.7 Å². The molecule has 23 heavy (non-hydrogen) atoms. The molecule has 0 unspecified atom stereocenters. The van der Waals surface area contributed by atoms with Crippen molar-refractivity contribution in [3.05, 3.63) is 57.2 Å². The molecule has 0 spiro atoms. The summed E-state index contributed by atoms with van der Waals surface area (Å²) in [7, 11) is 0. The molecule has 4 heterocycles. The van der Waals surface area contributed by atoms with Crippen molar-refractivity contribution in [2.45, 2.75) is 26.4 Å². The lowest BCUT2D eigenvalue weighted by Gasteiger charge is -2.19. The van der Waals surface area contributed by atoms with Crippen molar-refractivity contribution in [3.8, 4) is 0 Å². The second-order valence-electron chi connectivity index (χ2n) is 5.97. The molecule has 1 aliphatic rings. The van der Waals surface area contributed by atoms with Crippen LogP contribution in [-0.4, -0.2) is 32.5 Å². The van der Waals surface area contributed by atoms with E-state index >= 15 is 0 Å². The van der Waals surface area contributed by atoms with Crippen LogP contribution in [0.25, 0.3) is 10.2 Å². The van der Waals surface area contributed by atoms with E-state index in [-0.39, 0.29) is 5.56 Å². The molecule has 0 saturated carbocycles. The van der Waals surface area contributed by atoms with E-state index in [1.807, 2.05) is 41.4 Å². The van der Waals surface area contributed by atoms with Gasteiger partial charge in [0, 0.05) is 45.0 Å². The van der Waals surface area contributed by atoms with Gasteiger partial charge in [0.25, 0.3) is 5.56 Å². The van der Waals surface area contributed by atoms with Crippen LogP contribution in [-0.2, 0) is 19.5 Å². The van der Waals surface area contributed by atoms with Gasteiger partial charge in [0.2, 0.25) is 0 Å². The van der Waals surface area contributed by atoms with E-state index in [2.05, 4.69) is 9.88 Å². The van der Waals surface area contributed by atoms with Crippen molar-refractivity contribution in [1.82, 2.24) is 19.4 Å². The van der Waals surface area contributed by atoms with Gasteiger partial charge in [0.05, 0.1) is 5.39 Å². The number of aryl methyl sites for hydroxylation is 1. The van der Waals surface area contributed by atoms with Gasteiger partial charge in [-0.3, -0.25) is 19.2 Å². The Kier molecular flexibility index (Phi) is 3.71. The third kappa shape index (κ3) is 2.68. The second-order valence-corrected chi connectivity index (χ2v) is 6.82. The van der Waals surface area contributed by atoms with Crippen molar-refractivity contribution in [3.63, 3.8) is 0 Å². The monoisotopic (exact) mass is 326 g/mol. The summed E-state index contributed by atoms with van der Waals surface area (Å²) in [5, 5.41) is 2.82. The lowest BCUT2D eigenvalue weighted by molar-refractivity contribution is 0.271. The lowest BCUT2D eigenvalue weighted by Crippen LogP contribution is -2.28. The van der Waals surface area contributed by atoms with Crippen LogP contribution in [0.4, 0.5) is 0 Å². The lowest BCUT2D eigenvalue weighted by atomic mass is 10.2. The zero-order valence-corrected chi connectivity index (χ0v) is 13.8. The molecule has 3 aromatic rings. The summed E-state index contributed by atoms with van der Waals surface area (Å²) in [6, 6.07) is 4.09. The maximum atomic E-state index is 12.8. The number of fused-ring (bicyclic) bond motifs is 2. The van der Waals surface area contributed by atoms with Gasteiger partial charge in [-0.25, -0.2) is 4.98 Å². The number of pyridine rings is 1. The standard InChI is InChI=1S/C17H18N4OS/c1-12-11-23-16-15(12)17(22)21-9-8-20(7-4-14(21)19-16)10-13-2-5-18-6-3-13/h2-3,5-6,11H,4,7-10H2,1H3. The first-order valence-corrected chi connectivity index (χ1v) is 8.69. The van der Waals surface area contributed by atoms with E-state index in [0.717, 1.165) is 47.7 Å². The van der Waals surface area contributed by atoms with Crippen LogP contribution in [0.1, 0.15) is 17.0 Å². The van der Waals surface area contributed by atoms with Crippen LogP contribution in [0.3, 0.4) is 0 Å². The molecule has 0 atom stereocenters. The summed E-state index contributed by atoms with van der Waals surface area (Å²) in [6.07, 6.45) is 4.46. The normalized spacial score (nSPS) is 15.5. The smallest absolute Gasteiger partial charge is 0.262 e. The fourth-order valence-electron chi connectivity index (χ4n) is 3.14. The average molecular weight is 326 g/mol. The highest BCUT2D eigenvalue weighted by atomic mass is 32.1. The summed E-state index contributed by atoms with van der Waals surface area (Å²) < 4.78 is 1.87. The molecule has 0 aromatic carbocycles. The van der Waals surface area contributed by atoms with Crippen LogP contribution in [0.15, 0.2) is 34.7 Å². The SMILES string of the molecule is Cc1csc2nc3n(c(=O)c12)CCN(Cc1ccncc1)CC3. The number of aromatic nitrogens is 3. The molecule has 3 aromatic heterocycles. The molecule has 4 rings (SSSR count). The molecule has 0 N–H and O–H groups in total. The molecule has 0 fully saturated rings. The minimum absolute atomic E-state index is 0.120. The summed E-state index contributed by atoms with van der Waals surface area (Å²) in [4.78, 5) is 24.8. The zero-order chi connectivity index (χ0) is 15.8. The molecule has 0 bridgehead atoms. The van der Waals surface area contributed by atoms with Crippen LogP contribution >= 0.6 is 11.3 Å². The predicted octanol–water partition coefficient (Wildman–Crippen LogP) is 2.22. The van der Waals surface area contributed by atoms with Gasteiger partial charge in [0.15, 0.2) is 0 Å². The minimum atomic E-state index is 0.120. The predicted molar refractivity (Wildman–Crippen MR) is 91.8 cm³/mol. The third-order valence-corrected chi connectivity index (χ3v) is 5.39. The molecule has 6 heteroatoms. The molecular formula is C17H18N4OS. The highest BCUT2D eigenvalue weighted by molar-refractivity contribution is 7.16. The summed E-state index contributed by atoms with van der Waals surface area (Å²) in [5.74, 6) is 0.918. The molecular weight excluding hydrogens is 308 g/mol. The zero-order valence-electron chi connectivity index (χ0n) is 13.0. The maximum absolute atomic E-state index is 12.8. The van der Waals surface area contributed by atoms with Crippen LogP contribution in [0.5, 0.6) is 0 Å². The quantitative estimate of drug-likeness (QED) is 0.724. The average Bonchev–Trinajstić information content (AvgIpc) is 2.81. The van der Waals surface area contributed by atoms with Crippen molar-refractivity contribution < 1.29 is 0 Å². The topological polar surface area (TPSA) is 51.0 Å². The summed E-state index contributed by atoms with van der Waals surface area (Å²) in [5.41, 5.74) is 2.41. The highest BCUT2D eigenvalue weighted by Gasteiger charge is 2.19. The van der Waals surface area contributed by atoms with Crippen molar-refractivity contribution in [2.24, 2.45) is 0 Å². The highest BCUT2D eigenvalue weighted by Crippen LogP contribution is 2.21. The Bertz CT molecular complexity index is 900. The Morgan fingerprint density at radius 1 is 1.22 bits per heavy atom. The number of hydrogen-bond donors (Lipinski definition) is 0. The Morgan fingerprint density at radius 2 is 2.04 bits per heavy atom. The van der Waals surface area contributed by atoms with Gasteiger partial charge in [-0.2, -0.15) is 0 Å². The van der Waals surface area contributed by atoms with E-state index in [1.54, 1.807) is 11.3 Å². The summed E-state index contributed by atoms with van der Waals surface area (Å²) >= 11 is 1.57. The minimum Gasteiger partial charge on any atom is -0.297 e.